The SMILES string of the molecule is Cc1ccc(-c2cccs2)cc1NS(=O)(=O)c1cnccc1C. The minimum atomic E-state index is -3.66. The van der Waals surface area contributed by atoms with Crippen LogP contribution in [0.1, 0.15) is 11.1 Å². The molecular formula is C17H16N2O2S2. The van der Waals surface area contributed by atoms with Crippen LogP contribution in [0.25, 0.3) is 10.4 Å². The largest absolute Gasteiger partial charge is 0.279 e. The number of nitrogens with zero attached hydrogens (tertiary/aromatic N) is 1. The Kier molecular flexibility index (Phi) is 4.19. The zero-order valence-electron chi connectivity index (χ0n) is 12.8. The van der Waals surface area contributed by atoms with Gasteiger partial charge in [0.1, 0.15) is 4.90 Å². The van der Waals surface area contributed by atoms with E-state index in [0.29, 0.717) is 11.3 Å². The van der Waals surface area contributed by atoms with E-state index in [1.165, 1.54) is 6.20 Å². The number of sulfonamides is 1. The summed E-state index contributed by atoms with van der Waals surface area (Å²) >= 11 is 1.62. The van der Waals surface area contributed by atoms with Crippen molar-refractivity contribution >= 4 is 27.0 Å². The lowest BCUT2D eigenvalue weighted by atomic mass is 10.1. The first-order valence-electron chi connectivity index (χ1n) is 7.05. The number of hydrogen-bond acceptors (Lipinski definition) is 4. The molecule has 0 fully saturated rings. The van der Waals surface area contributed by atoms with Crippen molar-refractivity contribution in [2.24, 2.45) is 0 Å². The van der Waals surface area contributed by atoms with Gasteiger partial charge in [0.15, 0.2) is 0 Å². The third-order valence-corrected chi connectivity index (χ3v) is 5.98. The predicted octanol–water partition coefficient (Wildman–Crippen LogP) is 4.23. The second-order valence-electron chi connectivity index (χ2n) is 5.25. The fourth-order valence-corrected chi connectivity index (χ4v) is 4.29. The first-order chi connectivity index (χ1) is 11.0. The average molecular weight is 344 g/mol. The molecule has 0 aliphatic heterocycles. The van der Waals surface area contributed by atoms with E-state index >= 15 is 0 Å². The fraction of sp³-hybridized carbons (Fsp3) is 0.118. The van der Waals surface area contributed by atoms with E-state index in [1.807, 2.05) is 42.6 Å². The predicted molar refractivity (Wildman–Crippen MR) is 94.3 cm³/mol. The second-order valence-corrected chi connectivity index (χ2v) is 7.85. The zero-order chi connectivity index (χ0) is 16.4. The standard InChI is InChI=1S/C17H16N2O2S2/c1-12-5-6-14(16-4-3-9-22-16)10-15(12)19-23(20,21)17-11-18-8-7-13(17)2/h3-11,19H,1-2H3. The van der Waals surface area contributed by atoms with Crippen LogP contribution in [0.5, 0.6) is 0 Å². The summed E-state index contributed by atoms with van der Waals surface area (Å²) in [6.07, 6.45) is 2.95. The molecule has 3 rings (SSSR count). The molecule has 0 saturated heterocycles. The quantitative estimate of drug-likeness (QED) is 0.770. The van der Waals surface area contributed by atoms with Crippen molar-refractivity contribution in [2.75, 3.05) is 4.72 Å². The number of nitrogens with one attached hydrogen (secondary N) is 1. The molecule has 0 bridgehead atoms. The molecule has 1 aromatic carbocycles. The molecule has 0 unspecified atom stereocenters. The van der Waals surface area contributed by atoms with Gasteiger partial charge in [-0.2, -0.15) is 0 Å². The summed E-state index contributed by atoms with van der Waals surface area (Å²) in [5, 5.41) is 2.00. The summed E-state index contributed by atoms with van der Waals surface area (Å²) < 4.78 is 27.9. The number of rotatable bonds is 4. The van der Waals surface area contributed by atoms with Gasteiger partial charge in [-0.15, -0.1) is 11.3 Å². The van der Waals surface area contributed by atoms with Crippen molar-refractivity contribution in [1.82, 2.24) is 4.98 Å². The number of aryl methyl sites for hydroxylation is 2. The van der Waals surface area contributed by atoms with Crippen LogP contribution in [0.3, 0.4) is 0 Å². The topological polar surface area (TPSA) is 59.1 Å². The summed E-state index contributed by atoms with van der Waals surface area (Å²) in [6.45, 7) is 3.64. The van der Waals surface area contributed by atoms with E-state index in [1.54, 1.807) is 30.5 Å². The van der Waals surface area contributed by atoms with E-state index in [-0.39, 0.29) is 4.90 Å². The number of hydrogen-bond donors (Lipinski definition) is 1. The van der Waals surface area contributed by atoms with Crippen molar-refractivity contribution in [1.29, 1.82) is 0 Å². The Morgan fingerprint density at radius 2 is 1.91 bits per heavy atom. The van der Waals surface area contributed by atoms with Crippen LogP contribution in [0.4, 0.5) is 5.69 Å². The van der Waals surface area contributed by atoms with Crippen LogP contribution in [-0.4, -0.2) is 13.4 Å². The lowest BCUT2D eigenvalue weighted by Gasteiger charge is -2.13. The Bertz CT molecular complexity index is 933. The molecule has 0 spiro atoms. The monoisotopic (exact) mass is 344 g/mol. The molecule has 0 aliphatic carbocycles. The fourth-order valence-electron chi connectivity index (χ4n) is 2.26. The average Bonchev–Trinajstić information content (AvgIpc) is 3.04. The van der Waals surface area contributed by atoms with Crippen molar-refractivity contribution in [3.8, 4) is 10.4 Å². The molecule has 23 heavy (non-hydrogen) atoms. The molecule has 0 aliphatic rings. The summed E-state index contributed by atoms with van der Waals surface area (Å²) in [5.74, 6) is 0. The summed E-state index contributed by atoms with van der Waals surface area (Å²) in [4.78, 5) is 5.21. The van der Waals surface area contributed by atoms with Crippen LogP contribution in [0.15, 0.2) is 59.1 Å². The van der Waals surface area contributed by atoms with Crippen LogP contribution in [0.2, 0.25) is 0 Å². The van der Waals surface area contributed by atoms with Gasteiger partial charge >= 0.3 is 0 Å². The lowest BCUT2D eigenvalue weighted by Crippen LogP contribution is -2.15. The van der Waals surface area contributed by atoms with Crippen molar-refractivity contribution in [3.63, 3.8) is 0 Å². The number of benzene rings is 1. The second kappa shape index (κ2) is 6.14. The molecule has 0 radical (unpaired) electrons. The number of aromatic nitrogens is 1. The number of thiophene rings is 1. The highest BCUT2D eigenvalue weighted by Gasteiger charge is 2.18. The van der Waals surface area contributed by atoms with E-state index in [9.17, 15) is 8.42 Å². The van der Waals surface area contributed by atoms with Crippen molar-refractivity contribution in [3.05, 3.63) is 65.3 Å². The van der Waals surface area contributed by atoms with Gasteiger partial charge in [0.2, 0.25) is 0 Å². The molecular weight excluding hydrogens is 328 g/mol. The highest BCUT2D eigenvalue weighted by atomic mass is 32.2. The van der Waals surface area contributed by atoms with Gasteiger partial charge in [0, 0.05) is 17.3 Å². The molecule has 0 amide bonds. The molecule has 1 N–H and O–H groups in total. The molecule has 0 saturated carbocycles. The highest BCUT2D eigenvalue weighted by molar-refractivity contribution is 7.92. The lowest BCUT2D eigenvalue weighted by molar-refractivity contribution is 0.600. The molecule has 6 heteroatoms. The van der Waals surface area contributed by atoms with E-state index in [0.717, 1.165) is 16.0 Å². The normalized spacial score (nSPS) is 11.4. The Morgan fingerprint density at radius 3 is 2.61 bits per heavy atom. The summed E-state index contributed by atoms with van der Waals surface area (Å²) in [7, 11) is -3.66. The van der Waals surface area contributed by atoms with Crippen LogP contribution >= 0.6 is 11.3 Å². The maximum absolute atomic E-state index is 12.6. The summed E-state index contributed by atoms with van der Waals surface area (Å²) in [5.41, 5.74) is 3.11. The zero-order valence-corrected chi connectivity index (χ0v) is 14.4. The minimum absolute atomic E-state index is 0.195. The third-order valence-electron chi connectivity index (χ3n) is 3.57. The Balaban J connectivity index is 2.00. The van der Waals surface area contributed by atoms with Crippen LogP contribution in [0, 0.1) is 13.8 Å². The molecule has 2 heterocycles. The van der Waals surface area contributed by atoms with Crippen molar-refractivity contribution in [2.45, 2.75) is 18.7 Å². The first kappa shape index (κ1) is 15.7. The van der Waals surface area contributed by atoms with Crippen molar-refractivity contribution < 1.29 is 8.42 Å². The van der Waals surface area contributed by atoms with Gasteiger partial charge in [-0.1, -0.05) is 18.2 Å². The Morgan fingerprint density at radius 1 is 1.09 bits per heavy atom. The Hall–Kier alpha value is -2.18. The van der Waals surface area contributed by atoms with Crippen LogP contribution in [-0.2, 0) is 10.0 Å². The van der Waals surface area contributed by atoms with E-state index in [4.69, 9.17) is 0 Å². The maximum Gasteiger partial charge on any atom is 0.263 e. The highest BCUT2D eigenvalue weighted by Crippen LogP contribution is 2.30. The van der Waals surface area contributed by atoms with E-state index in [2.05, 4.69) is 9.71 Å². The molecule has 118 valence electrons. The molecule has 0 atom stereocenters. The van der Waals surface area contributed by atoms with Gasteiger partial charge in [-0.3, -0.25) is 9.71 Å². The van der Waals surface area contributed by atoms with Crippen LogP contribution < -0.4 is 4.72 Å². The molecule has 4 nitrogen and oxygen atoms in total. The number of anilines is 1. The number of pyridine rings is 1. The van der Waals surface area contributed by atoms with Gasteiger partial charge < -0.3 is 0 Å². The van der Waals surface area contributed by atoms with Gasteiger partial charge in [0.25, 0.3) is 10.0 Å². The van der Waals surface area contributed by atoms with Gasteiger partial charge in [-0.05, 0) is 54.1 Å². The maximum atomic E-state index is 12.6. The summed E-state index contributed by atoms with van der Waals surface area (Å²) in [6, 6.07) is 11.5. The first-order valence-corrected chi connectivity index (χ1v) is 9.41. The Labute approximate surface area is 139 Å². The van der Waals surface area contributed by atoms with Gasteiger partial charge in [-0.25, -0.2) is 8.42 Å². The third kappa shape index (κ3) is 3.28. The molecule has 3 aromatic rings. The molecule has 2 aromatic heterocycles. The minimum Gasteiger partial charge on any atom is -0.279 e. The smallest absolute Gasteiger partial charge is 0.263 e. The van der Waals surface area contributed by atoms with Gasteiger partial charge in [0.05, 0.1) is 5.69 Å². The van der Waals surface area contributed by atoms with E-state index < -0.39 is 10.0 Å².